The molecule has 0 radical (unpaired) electrons. The Morgan fingerprint density at radius 2 is 1.94 bits per heavy atom. The molecule has 5 nitrogen and oxygen atoms in total. The van der Waals surface area contributed by atoms with Crippen molar-refractivity contribution in [2.24, 2.45) is 5.73 Å². The number of nitrogens with two attached hydrogens (primary N) is 1. The number of halogens is 1. The maximum Gasteiger partial charge on any atom is 0.240 e. The fraction of sp³-hybridized carbons (Fsp3) is 0.300. The zero-order chi connectivity index (χ0) is 12.2. The molecule has 0 amide bonds. The van der Waals surface area contributed by atoms with E-state index in [1.54, 1.807) is 6.92 Å². The van der Waals surface area contributed by atoms with Crippen molar-refractivity contribution < 1.29 is 8.42 Å². The van der Waals surface area contributed by atoms with Gasteiger partial charge in [0.05, 0.1) is 16.5 Å². The van der Waals surface area contributed by atoms with Gasteiger partial charge in [0.15, 0.2) is 0 Å². The van der Waals surface area contributed by atoms with Crippen LogP contribution in [0, 0.1) is 11.3 Å². The van der Waals surface area contributed by atoms with E-state index in [0.29, 0.717) is 5.56 Å². The highest BCUT2D eigenvalue weighted by Gasteiger charge is 2.16. The van der Waals surface area contributed by atoms with Gasteiger partial charge in [0.25, 0.3) is 0 Å². The van der Waals surface area contributed by atoms with E-state index < -0.39 is 10.0 Å². The fourth-order valence-electron chi connectivity index (χ4n) is 1.09. The third-order valence-electron chi connectivity index (χ3n) is 2.00. The molecule has 17 heavy (non-hydrogen) atoms. The molecule has 0 spiro atoms. The van der Waals surface area contributed by atoms with Gasteiger partial charge in [-0.05, 0) is 31.2 Å². The molecule has 0 saturated carbocycles. The van der Waals surface area contributed by atoms with E-state index in [4.69, 9.17) is 11.0 Å². The summed E-state index contributed by atoms with van der Waals surface area (Å²) < 4.78 is 25.9. The van der Waals surface area contributed by atoms with Crippen molar-refractivity contribution in [3.8, 4) is 6.07 Å². The topological polar surface area (TPSA) is 96.0 Å². The number of sulfonamides is 1. The maximum absolute atomic E-state index is 11.8. The SMILES string of the molecule is C[C@H](CN)NS(=O)(=O)c1ccc(C#N)cc1.Cl. The largest absolute Gasteiger partial charge is 0.329 e. The van der Waals surface area contributed by atoms with Crippen molar-refractivity contribution >= 4 is 22.4 Å². The second-order valence-electron chi connectivity index (χ2n) is 3.39. The molecule has 0 aliphatic carbocycles. The van der Waals surface area contributed by atoms with E-state index in [-0.39, 0.29) is 29.9 Å². The summed E-state index contributed by atoms with van der Waals surface area (Å²) in [6.07, 6.45) is 0. The molecule has 0 aliphatic rings. The summed E-state index contributed by atoms with van der Waals surface area (Å²) in [7, 11) is -3.54. The standard InChI is InChI=1S/C10H13N3O2S.ClH/c1-8(6-11)13-16(14,15)10-4-2-9(7-12)3-5-10;/h2-5,8,13H,6,11H2,1H3;1H/t8-;/m1./s1. The molecule has 1 aromatic rings. The van der Waals surface area contributed by atoms with Gasteiger partial charge in [-0.1, -0.05) is 0 Å². The van der Waals surface area contributed by atoms with Gasteiger partial charge in [-0.25, -0.2) is 13.1 Å². The smallest absolute Gasteiger partial charge is 0.240 e. The number of nitrogens with one attached hydrogen (secondary N) is 1. The van der Waals surface area contributed by atoms with Crippen LogP contribution in [0.3, 0.4) is 0 Å². The molecule has 94 valence electrons. The second-order valence-corrected chi connectivity index (χ2v) is 5.11. The van der Waals surface area contributed by atoms with Crippen LogP contribution in [0.4, 0.5) is 0 Å². The minimum atomic E-state index is -3.54. The van der Waals surface area contributed by atoms with Gasteiger partial charge in [0.1, 0.15) is 0 Å². The van der Waals surface area contributed by atoms with Gasteiger partial charge < -0.3 is 5.73 Å². The van der Waals surface area contributed by atoms with Gasteiger partial charge in [-0.2, -0.15) is 5.26 Å². The number of hydrogen-bond acceptors (Lipinski definition) is 4. The Labute approximate surface area is 107 Å². The van der Waals surface area contributed by atoms with Gasteiger partial charge in [0, 0.05) is 12.6 Å². The van der Waals surface area contributed by atoms with Crippen molar-refractivity contribution in [1.29, 1.82) is 5.26 Å². The van der Waals surface area contributed by atoms with E-state index >= 15 is 0 Å². The van der Waals surface area contributed by atoms with Crippen LogP contribution in [0.25, 0.3) is 0 Å². The van der Waals surface area contributed by atoms with Gasteiger partial charge >= 0.3 is 0 Å². The Morgan fingerprint density at radius 1 is 1.41 bits per heavy atom. The van der Waals surface area contributed by atoms with Crippen molar-refractivity contribution in [2.45, 2.75) is 17.9 Å². The van der Waals surface area contributed by atoms with Crippen LogP contribution in [0.5, 0.6) is 0 Å². The Hall–Kier alpha value is -1.13. The van der Waals surface area contributed by atoms with Gasteiger partial charge in [0.2, 0.25) is 10.0 Å². The molecule has 0 heterocycles. The maximum atomic E-state index is 11.8. The summed E-state index contributed by atoms with van der Waals surface area (Å²) in [4.78, 5) is 0.131. The lowest BCUT2D eigenvalue weighted by atomic mass is 10.2. The molecular formula is C10H14ClN3O2S. The van der Waals surface area contributed by atoms with E-state index in [9.17, 15) is 8.42 Å². The fourth-order valence-corrected chi connectivity index (χ4v) is 2.35. The lowest BCUT2D eigenvalue weighted by Gasteiger charge is -2.11. The van der Waals surface area contributed by atoms with E-state index in [1.165, 1.54) is 24.3 Å². The van der Waals surface area contributed by atoms with Crippen LogP contribution in [0.2, 0.25) is 0 Å². The summed E-state index contributed by atoms with van der Waals surface area (Å²) in [6, 6.07) is 7.31. The molecule has 1 rings (SSSR count). The minimum absolute atomic E-state index is 0. The first kappa shape index (κ1) is 15.9. The van der Waals surface area contributed by atoms with Crippen LogP contribution in [-0.2, 0) is 10.0 Å². The molecule has 3 N–H and O–H groups in total. The predicted octanol–water partition coefficient (Wildman–Crippen LogP) is 0.606. The predicted molar refractivity (Wildman–Crippen MR) is 67.2 cm³/mol. The minimum Gasteiger partial charge on any atom is -0.329 e. The normalized spacial score (nSPS) is 12.3. The molecule has 0 saturated heterocycles. The van der Waals surface area contributed by atoms with Crippen LogP contribution in [0.1, 0.15) is 12.5 Å². The number of rotatable bonds is 4. The monoisotopic (exact) mass is 275 g/mol. The third-order valence-corrected chi connectivity index (χ3v) is 3.61. The summed E-state index contributed by atoms with van der Waals surface area (Å²) in [5.74, 6) is 0. The zero-order valence-corrected chi connectivity index (χ0v) is 10.9. The average molecular weight is 276 g/mol. The number of benzene rings is 1. The molecule has 0 fully saturated rings. The van der Waals surface area contributed by atoms with Gasteiger partial charge in [-0.3, -0.25) is 0 Å². The molecular weight excluding hydrogens is 262 g/mol. The second kappa shape index (κ2) is 6.57. The Balaban J connectivity index is 0.00000256. The molecule has 0 bridgehead atoms. The molecule has 0 unspecified atom stereocenters. The van der Waals surface area contributed by atoms with Crippen molar-refractivity contribution in [3.05, 3.63) is 29.8 Å². The Kier molecular flexibility index (Phi) is 6.13. The van der Waals surface area contributed by atoms with Crippen LogP contribution < -0.4 is 10.5 Å². The zero-order valence-electron chi connectivity index (χ0n) is 9.25. The summed E-state index contributed by atoms with van der Waals surface area (Å²) in [5, 5.41) is 8.58. The summed E-state index contributed by atoms with van der Waals surface area (Å²) in [6.45, 7) is 1.91. The van der Waals surface area contributed by atoms with Crippen LogP contribution in [-0.4, -0.2) is 21.0 Å². The van der Waals surface area contributed by atoms with Crippen LogP contribution in [0.15, 0.2) is 29.2 Å². The highest BCUT2D eigenvalue weighted by atomic mass is 35.5. The highest BCUT2D eigenvalue weighted by Crippen LogP contribution is 2.10. The first-order valence-corrected chi connectivity index (χ1v) is 6.20. The first-order chi connectivity index (χ1) is 7.49. The average Bonchev–Trinajstić information content (AvgIpc) is 2.28. The highest BCUT2D eigenvalue weighted by molar-refractivity contribution is 7.89. The first-order valence-electron chi connectivity index (χ1n) is 4.72. The summed E-state index contributed by atoms with van der Waals surface area (Å²) >= 11 is 0. The summed E-state index contributed by atoms with van der Waals surface area (Å²) in [5.41, 5.74) is 5.75. The van der Waals surface area contributed by atoms with E-state index in [1.807, 2.05) is 6.07 Å². The molecule has 0 aliphatic heterocycles. The van der Waals surface area contributed by atoms with Crippen molar-refractivity contribution in [2.75, 3.05) is 6.54 Å². The number of hydrogen-bond donors (Lipinski definition) is 2. The molecule has 1 atom stereocenters. The lowest BCUT2D eigenvalue weighted by molar-refractivity contribution is 0.562. The molecule has 0 aromatic heterocycles. The van der Waals surface area contributed by atoms with Crippen molar-refractivity contribution in [1.82, 2.24) is 4.72 Å². The van der Waals surface area contributed by atoms with Crippen LogP contribution >= 0.6 is 12.4 Å². The van der Waals surface area contributed by atoms with Crippen molar-refractivity contribution in [3.63, 3.8) is 0 Å². The third kappa shape index (κ3) is 4.32. The lowest BCUT2D eigenvalue weighted by Crippen LogP contribution is -2.37. The number of nitriles is 1. The Morgan fingerprint density at radius 3 is 2.35 bits per heavy atom. The number of nitrogens with zero attached hydrogens (tertiary/aromatic N) is 1. The quantitative estimate of drug-likeness (QED) is 0.841. The Bertz CT molecular complexity index is 493. The van der Waals surface area contributed by atoms with E-state index in [2.05, 4.69) is 4.72 Å². The molecule has 1 aromatic carbocycles. The van der Waals surface area contributed by atoms with E-state index in [0.717, 1.165) is 0 Å². The van der Waals surface area contributed by atoms with Gasteiger partial charge in [-0.15, -0.1) is 12.4 Å². The molecule has 7 heteroatoms.